The average molecular weight is 230 g/mol. The molecule has 2 rings (SSSR count). The van der Waals surface area contributed by atoms with Crippen LogP contribution in [0.1, 0.15) is 38.5 Å². The molecule has 0 atom stereocenters. The summed E-state index contributed by atoms with van der Waals surface area (Å²) in [6, 6.07) is 0.539. The topological polar surface area (TPSA) is 51.0 Å². The lowest BCUT2D eigenvalue weighted by molar-refractivity contribution is 0.262. The van der Waals surface area contributed by atoms with E-state index < -0.39 is 0 Å². The molecule has 0 radical (unpaired) electrons. The molecule has 0 aliphatic heterocycles. The summed E-state index contributed by atoms with van der Waals surface area (Å²) in [5.41, 5.74) is 0.199. The van der Waals surface area contributed by atoms with Gasteiger partial charge in [-0.1, -0.05) is 12.0 Å². The van der Waals surface area contributed by atoms with Gasteiger partial charge in [-0.2, -0.15) is 0 Å². The molecule has 0 spiro atoms. The van der Waals surface area contributed by atoms with Gasteiger partial charge in [0.25, 0.3) is 0 Å². The van der Waals surface area contributed by atoms with Gasteiger partial charge in [-0.3, -0.25) is 0 Å². The van der Waals surface area contributed by atoms with Crippen molar-refractivity contribution in [2.24, 2.45) is 0 Å². The van der Waals surface area contributed by atoms with Gasteiger partial charge in [0.1, 0.15) is 0 Å². The van der Waals surface area contributed by atoms with Gasteiger partial charge in [-0.15, -0.1) is 16.7 Å². The van der Waals surface area contributed by atoms with E-state index in [-0.39, 0.29) is 5.54 Å². The highest BCUT2D eigenvalue weighted by molar-refractivity contribution is 6.17. The van der Waals surface area contributed by atoms with Crippen molar-refractivity contribution in [1.29, 1.82) is 0 Å². The van der Waals surface area contributed by atoms with E-state index in [1.165, 1.54) is 19.3 Å². The number of hydrogen-bond acceptors (Lipinski definition) is 4. The van der Waals surface area contributed by atoms with Crippen molar-refractivity contribution in [2.75, 3.05) is 11.2 Å². The van der Waals surface area contributed by atoms with Crippen LogP contribution in [0.2, 0.25) is 0 Å². The van der Waals surface area contributed by atoms with Crippen LogP contribution in [0.25, 0.3) is 0 Å². The number of alkyl halides is 1. The number of aryl methyl sites for hydroxylation is 1. The fourth-order valence-corrected chi connectivity index (χ4v) is 2.04. The molecule has 1 heterocycles. The van der Waals surface area contributed by atoms with Gasteiger partial charge in [0, 0.05) is 17.8 Å². The molecule has 84 valence electrons. The van der Waals surface area contributed by atoms with Crippen molar-refractivity contribution in [3.63, 3.8) is 0 Å². The Kier molecular flexibility index (Phi) is 3.14. The first-order valence-electron chi connectivity index (χ1n) is 5.44. The van der Waals surface area contributed by atoms with Crippen molar-refractivity contribution in [2.45, 2.75) is 44.6 Å². The lowest BCUT2D eigenvalue weighted by atomic mass is 9.75. The zero-order chi connectivity index (χ0) is 10.7. The van der Waals surface area contributed by atoms with Crippen molar-refractivity contribution in [3.8, 4) is 0 Å². The monoisotopic (exact) mass is 229 g/mol. The molecule has 1 aromatic heterocycles. The first-order chi connectivity index (χ1) is 7.28. The highest BCUT2D eigenvalue weighted by atomic mass is 35.5. The SMILES string of the molecule is CCC1(Nc2nnc(CCCl)o2)CCC1. The minimum absolute atomic E-state index is 0.199. The van der Waals surface area contributed by atoms with Crippen molar-refractivity contribution in [3.05, 3.63) is 5.89 Å². The second-order valence-corrected chi connectivity index (χ2v) is 4.43. The van der Waals surface area contributed by atoms with E-state index in [1.54, 1.807) is 0 Å². The zero-order valence-corrected chi connectivity index (χ0v) is 9.68. The maximum Gasteiger partial charge on any atom is 0.315 e. The number of anilines is 1. The van der Waals surface area contributed by atoms with Crippen LogP contribution in [0.15, 0.2) is 4.42 Å². The minimum atomic E-state index is 0.199. The molecule has 1 aliphatic carbocycles. The average Bonchev–Trinajstić information content (AvgIpc) is 2.60. The van der Waals surface area contributed by atoms with E-state index in [2.05, 4.69) is 22.4 Å². The molecular weight excluding hydrogens is 214 g/mol. The minimum Gasteiger partial charge on any atom is -0.408 e. The van der Waals surface area contributed by atoms with Crippen LogP contribution in [0.4, 0.5) is 6.01 Å². The molecule has 0 saturated heterocycles. The van der Waals surface area contributed by atoms with Crippen molar-refractivity contribution < 1.29 is 4.42 Å². The highest BCUT2D eigenvalue weighted by Gasteiger charge is 2.36. The van der Waals surface area contributed by atoms with Crippen LogP contribution in [0, 0.1) is 0 Å². The summed E-state index contributed by atoms with van der Waals surface area (Å²) in [7, 11) is 0. The largest absolute Gasteiger partial charge is 0.408 e. The maximum atomic E-state index is 5.60. The van der Waals surface area contributed by atoms with E-state index in [0.717, 1.165) is 6.42 Å². The number of rotatable bonds is 5. The third-order valence-corrected chi connectivity index (χ3v) is 3.32. The third kappa shape index (κ3) is 2.25. The quantitative estimate of drug-likeness (QED) is 0.789. The summed E-state index contributed by atoms with van der Waals surface area (Å²) >= 11 is 5.60. The zero-order valence-electron chi connectivity index (χ0n) is 8.92. The standard InChI is InChI=1S/C10H16ClN3O/c1-2-10(5-3-6-10)12-9-14-13-8(15-9)4-7-11/h2-7H2,1H3,(H,12,14). The highest BCUT2D eigenvalue weighted by Crippen LogP contribution is 2.37. The molecule has 1 saturated carbocycles. The van der Waals surface area contributed by atoms with Gasteiger partial charge in [-0.05, 0) is 25.7 Å². The van der Waals surface area contributed by atoms with Crippen LogP contribution in [0.3, 0.4) is 0 Å². The van der Waals surface area contributed by atoms with Crippen LogP contribution in [-0.4, -0.2) is 21.6 Å². The lowest BCUT2D eigenvalue weighted by Crippen LogP contribution is -2.44. The van der Waals surface area contributed by atoms with Crippen LogP contribution < -0.4 is 5.32 Å². The van der Waals surface area contributed by atoms with Gasteiger partial charge in [0.15, 0.2) is 0 Å². The summed E-state index contributed by atoms with van der Waals surface area (Å²) in [5, 5.41) is 11.2. The first kappa shape index (κ1) is 10.7. The molecule has 1 aromatic rings. The van der Waals surface area contributed by atoms with Crippen LogP contribution >= 0.6 is 11.6 Å². The van der Waals surface area contributed by atoms with Crippen molar-refractivity contribution >= 4 is 17.6 Å². The molecule has 1 aliphatic rings. The summed E-state index contributed by atoms with van der Waals surface area (Å²) in [4.78, 5) is 0. The number of halogens is 1. The Balaban J connectivity index is 1.97. The molecule has 0 unspecified atom stereocenters. The molecule has 5 heteroatoms. The van der Waals surface area contributed by atoms with E-state index >= 15 is 0 Å². The summed E-state index contributed by atoms with van der Waals surface area (Å²) in [5.74, 6) is 1.12. The first-order valence-corrected chi connectivity index (χ1v) is 5.98. The Bertz CT molecular complexity index is 317. The van der Waals surface area contributed by atoms with E-state index in [4.69, 9.17) is 16.0 Å². The van der Waals surface area contributed by atoms with Crippen molar-refractivity contribution in [1.82, 2.24) is 10.2 Å². The van der Waals surface area contributed by atoms with Gasteiger partial charge in [0.05, 0.1) is 0 Å². The van der Waals surface area contributed by atoms with Crippen LogP contribution in [0.5, 0.6) is 0 Å². The molecule has 0 aromatic carbocycles. The Morgan fingerprint density at radius 1 is 1.47 bits per heavy atom. The predicted octanol–water partition coefficient (Wildman–Crippen LogP) is 2.60. The fourth-order valence-electron chi connectivity index (χ4n) is 1.88. The smallest absolute Gasteiger partial charge is 0.315 e. The molecule has 4 nitrogen and oxygen atoms in total. The second-order valence-electron chi connectivity index (χ2n) is 4.05. The predicted molar refractivity (Wildman–Crippen MR) is 59.2 cm³/mol. The Morgan fingerprint density at radius 2 is 2.27 bits per heavy atom. The molecular formula is C10H16ClN3O. The Labute approximate surface area is 94.4 Å². The number of nitrogens with zero attached hydrogens (tertiary/aromatic N) is 2. The lowest BCUT2D eigenvalue weighted by Gasteiger charge is -2.41. The van der Waals surface area contributed by atoms with E-state index in [0.29, 0.717) is 24.2 Å². The Hall–Kier alpha value is -0.770. The molecule has 0 bridgehead atoms. The summed E-state index contributed by atoms with van der Waals surface area (Å²) in [6.07, 6.45) is 5.40. The normalized spacial score (nSPS) is 18.5. The van der Waals surface area contributed by atoms with Gasteiger partial charge in [-0.25, -0.2) is 0 Å². The summed E-state index contributed by atoms with van der Waals surface area (Å²) < 4.78 is 5.44. The van der Waals surface area contributed by atoms with Gasteiger partial charge < -0.3 is 9.73 Å². The number of nitrogens with one attached hydrogen (secondary N) is 1. The summed E-state index contributed by atoms with van der Waals surface area (Å²) in [6.45, 7) is 2.18. The Morgan fingerprint density at radius 3 is 2.80 bits per heavy atom. The number of aromatic nitrogens is 2. The fraction of sp³-hybridized carbons (Fsp3) is 0.800. The second kappa shape index (κ2) is 4.39. The number of hydrogen-bond donors (Lipinski definition) is 1. The van der Waals surface area contributed by atoms with Gasteiger partial charge in [0.2, 0.25) is 5.89 Å². The third-order valence-electron chi connectivity index (χ3n) is 3.13. The molecule has 15 heavy (non-hydrogen) atoms. The van der Waals surface area contributed by atoms with E-state index in [9.17, 15) is 0 Å². The maximum absolute atomic E-state index is 5.60. The molecule has 1 N–H and O–H groups in total. The molecule has 1 fully saturated rings. The van der Waals surface area contributed by atoms with Crippen LogP contribution in [-0.2, 0) is 6.42 Å². The van der Waals surface area contributed by atoms with E-state index in [1.807, 2.05) is 0 Å². The van der Waals surface area contributed by atoms with Gasteiger partial charge >= 0.3 is 6.01 Å². The molecule has 0 amide bonds.